The van der Waals surface area contributed by atoms with E-state index in [4.69, 9.17) is 12.2 Å². The van der Waals surface area contributed by atoms with Crippen LogP contribution in [0, 0.1) is 12.3 Å². The lowest BCUT2D eigenvalue weighted by atomic mass is 10.1. The number of hydrogen-bond donors (Lipinski definition) is 2. The molecule has 0 saturated carbocycles. The van der Waals surface area contributed by atoms with Gasteiger partial charge in [-0.15, -0.1) is 6.42 Å². The summed E-state index contributed by atoms with van der Waals surface area (Å²) in [4.78, 5) is 4.26. The SMILES string of the molecule is C#Cc1cccc(CNC(=NC)c2ccccc2N)c1. The van der Waals surface area contributed by atoms with E-state index in [1.807, 2.05) is 48.5 Å². The van der Waals surface area contributed by atoms with Gasteiger partial charge in [-0.3, -0.25) is 4.99 Å². The molecule has 3 heteroatoms. The molecule has 100 valence electrons. The molecule has 2 aromatic carbocycles. The van der Waals surface area contributed by atoms with Crippen LogP contribution in [0.15, 0.2) is 53.5 Å². The van der Waals surface area contributed by atoms with Crippen molar-refractivity contribution in [3.8, 4) is 12.3 Å². The summed E-state index contributed by atoms with van der Waals surface area (Å²) in [5.74, 6) is 3.40. The van der Waals surface area contributed by atoms with Crippen LogP contribution in [0.2, 0.25) is 0 Å². The molecule has 0 aromatic heterocycles. The fraction of sp³-hybridized carbons (Fsp3) is 0.118. The lowest BCUT2D eigenvalue weighted by Gasteiger charge is -2.12. The zero-order valence-electron chi connectivity index (χ0n) is 11.4. The third-order valence-electron chi connectivity index (χ3n) is 2.99. The lowest BCUT2D eigenvalue weighted by molar-refractivity contribution is 0.911. The zero-order valence-corrected chi connectivity index (χ0v) is 11.4. The number of hydrogen-bond acceptors (Lipinski definition) is 2. The normalized spacial score (nSPS) is 10.9. The summed E-state index contributed by atoms with van der Waals surface area (Å²) in [5.41, 5.74) is 9.56. The molecule has 2 rings (SSSR count). The summed E-state index contributed by atoms with van der Waals surface area (Å²) in [5, 5.41) is 3.30. The average molecular weight is 263 g/mol. The number of nitrogens with two attached hydrogens (primary N) is 1. The largest absolute Gasteiger partial charge is 0.398 e. The smallest absolute Gasteiger partial charge is 0.130 e. The van der Waals surface area contributed by atoms with Gasteiger partial charge in [0.2, 0.25) is 0 Å². The predicted molar refractivity (Wildman–Crippen MR) is 84.5 cm³/mol. The summed E-state index contributed by atoms with van der Waals surface area (Å²) in [6, 6.07) is 15.5. The summed E-state index contributed by atoms with van der Waals surface area (Å²) < 4.78 is 0. The molecule has 0 unspecified atom stereocenters. The summed E-state index contributed by atoms with van der Waals surface area (Å²) in [6.07, 6.45) is 5.40. The molecular formula is C17H17N3. The standard InChI is InChI=1S/C17H17N3/c1-3-13-7-6-8-14(11-13)12-20-17(19-2)15-9-4-5-10-16(15)18/h1,4-11H,12,18H2,2H3,(H,19,20). The van der Waals surface area contributed by atoms with Crippen molar-refractivity contribution in [1.29, 1.82) is 0 Å². The first kappa shape index (κ1) is 13.7. The Morgan fingerprint density at radius 1 is 1.25 bits per heavy atom. The van der Waals surface area contributed by atoms with Crippen molar-refractivity contribution in [2.45, 2.75) is 6.54 Å². The molecular weight excluding hydrogens is 246 g/mol. The van der Waals surface area contributed by atoms with Gasteiger partial charge in [-0.1, -0.05) is 30.2 Å². The highest BCUT2D eigenvalue weighted by Crippen LogP contribution is 2.11. The lowest BCUT2D eigenvalue weighted by Crippen LogP contribution is -2.25. The highest BCUT2D eigenvalue weighted by atomic mass is 15.0. The fourth-order valence-electron chi connectivity index (χ4n) is 1.96. The number of anilines is 1. The number of aliphatic imine (C=N–C) groups is 1. The van der Waals surface area contributed by atoms with Crippen LogP contribution in [-0.2, 0) is 6.54 Å². The van der Waals surface area contributed by atoms with Crippen LogP contribution in [0.25, 0.3) is 0 Å². The monoisotopic (exact) mass is 263 g/mol. The molecule has 0 radical (unpaired) electrons. The Hall–Kier alpha value is -2.73. The van der Waals surface area contributed by atoms with Gasteiger partial charge >= 0.3 is 0 Å². The van der Waals surface area contributed by atoms with E-state index in [1.54, 1.807) is 7.05 Å². The second-order valence-corrected chi connectivity index (χ2v) is 4.36. The molecule has 20 heavy (non-hydrogen) atoms. The number of rotatable bonds is 3. The summed E-state index contributed by atoms with van der Waals surface area (Å²) in [7, 11) is 1.74. The van der Waals surface area contributed by atoms with Crippen molar-refractivity contribution in [3.05, 3.63) is 65.2 Å². The van der Waals surface area contributed by atoms with E-state index in [-0.39, 0.29) is 0 Å². The topological polar surface area (TPSA) is 50.4 Å². The molecule has 0 aliphatic heterocycles. The first-order chi connectivity index (χ1) is 9.74. The van der Waals surface area contributed by atoms with Gasteiger partial charge in [0.05, 0.1) is 0 Å². The predicted octanol–water partition coefficient (Wildman–Crippen LogP) is 2.42. The fourth-order valence-corrected chi connectivity index (χ4v) is 1.96. The van der Waals surface area contributed by atoms with Crippen LogP contribution in [-0.4, -0.2) is 12.9 Å². The second kappa shape index (κ2) is 6.44. The molecule has 0 fully saturated rings. The van der Waals surface area contributed by atoms with Crippen molar-refractivity contribution in [3.63, 3.8) is 0 Å². The number of nitrogen functional groups attached to an aromatic ring is 1. The minimum absolute atomic E-state index is 0.649. The van der Waals surface area contributed by atoms with Crippen molar-refractivity contribution in [2.24, 2.45) is 4.99 Å². The van der Waals surface area contributed by atoms with Gasteiger partial charge in [-0.25, -0.2) is 0 Å². The van der Waals surface area contributed by atoms with Crippen molar-refractivity contribution < 1.29 is 0 Å². The number of terminal acetylenes is 1. The molecule has 0 heterocycles. The van der Waals surface area contributed by atoms with Gasteiger partial charge < -0.3 is 11.1 Å². The number of nitrogens with one attached hydrogen (secondary N) is 1. The quantitative estimate of drug-likeness (QED) is 0.387. The van der Waals surface area contributed by atoms with Crippen molar-refractivity contribution in [2.75, 3.05) is 12.8 Å². The first-order valence-corrected chi connectivity index (χ1v) is 6.35. The van der Waals surface area contributed by atoms with Crippen LogP contribution >= 0.6 is 0 Å². The third kappa shape index (κ3) is 3.18. The van der Waals surface area contributed by atoms with Crippen LogP contribution in [0.1, 0.15) is 16.7 Å². The summed E-state index contributed by atoms with van der Waals surface area (Å²) >= 11 is 0. The van der Waals surface area contributed by atoms with Gasteiger partial charge in [-0.05, 0) is 29.8 Å². The summed E-state index contributed by atoms with van der Waals surface area (Å²) in [6.45, 7) is 0.649. The van der Waals surface area contributed by atoms with E-state index >= 15 is 0 Å². The molecule has 2 aromatic rings. The maximum Gasteiger partial charge on any atom is 0.130 e. The highest BCUT2D eigenvalue weighted by molar-refractivity contribution is 6.02. The van der Waals surface area contributed by atoms with Gasteiger partial charge in [0.15, 0.2) is 0 Å². The van der Waals surface area contributed by atoms with E-state index in [1.165, 1.54) is 0 Å². The third-order valence-corrected chi connectivity index (χ3v) is 2.99. The first-order valence-electron chi connectivity index (χ1n) is 6.35. The molecule has 0 aliphatic rings. The van der Waals surface area contributed by atoms with Crippen molar-refractivity contribution in [1.82, 2.24) is 5.32 Å². The van der Waals surface area contributed by atoms with Crippen LogP contribution in [0.4, 0.5) is 5.69 Å². The second-order valence-electron chi connectivity index (χ2n) is 4.36. The van der Waals surface area contributed by atoms with E-state index in [2.05, 4.69) is 16.2 Å². The molecule has 0 amide bonds. The Labute approximate surface area is 119 Å². The molecule has 0 atom stereocenters. The van der Waals surface area contributed by atoms with E-state index in [9.17, 15) is 0 Å². The molecule has 0 aliphatic carbocycles. The number of benzene rings is 2. The highest BCUT2D eigenvalue weighted by Gasteiger charge is 2.05. The minimum atomic E-state index is 0.649. The number of para-hydroxylation sites is 1. The van der Waals surface area contributed by atoms with Gasteiger partial charge in [0.25, 0.3) is 0 Å². The molecule has 0 spiro atoms. The zero-order chi connectivity index (χ0) is 14.4. The average Bonchev–Trinajstić information content (AvgIpc) is 2.49. The van der Waals surface area contributed by atoms with Crippen LogP contribution < -0.4 is 11.1 Å². The molecule has 0 bridgehead atoms. The number of nitrogens with zero attached hydrogens (tertiary/aromatic N) is 1. The van der Waals surface area contributed by atoms with Gasteiger partial charge in [0.1, 0.15) is 5.84 Å². The van der Waals surface area contributed by atoms with Crippen LogP contribution in [0.5, 0.6) is 0 Å². The molecule has 0 saturated heterocycles. The van der Waals surface area contributed by atoms with Gasteiger partial charge in [0, 0.05) is 30.4 Å². The van der Waals surface area contributed by atoms with E-state index < -0.39 is 0 Å². The Morgan fingerprint density at radius 3 is 2.75 bits per heavy atom. The number of amidine groups is 1. The maximum absolute atomic E-state index is 5.96. The van der Waals surface area contributed by atoms with Gasteiger partial charge in [-0.2, -0.15) is 0 Å². The van der Waals surface area contributed by atoms with Crippen LogP contribution in [0.3, 0.4) is 0 Å². The Balaban J connectivity index is 2.13. The molecule has 3 N–H and O–H groups in total. The Kier molecular flexibility index (Phi) is 4.41. The minimum Gasteiger partial charge on any atom is -0.398 e. The Morgan fingerprint density at radius 2 is 2.05 bits per heavy atom. The molecule has 3 nitrogen and oxygen atoms in total. The van der Waals surface area contributed by atoms with E-state index in [0.717, 1.165) is 22.5 Å². The van der Waals surface area contributed by atoms with E-state index in [0.29, 0.717) is 12.2 Å². The van der Waals surface area contributed by atoms with Crippen molar-refractivity contribution >= 4 is 11.5 Å². The maximum atomic E-state index is 5.96. The Bertz CT molecular complexity index is 666.